The molecule has 1 fully saturated rings. The molecule has 1 aromatic carbocycles. The number of nitrogens with zero attached hydrogens (tertiary/aromatic N) is 4. The number of benzene rings is 1. The van der Waals surface area contributed by atoms with Crippen LogP contribution in [0, 0.1) is 12.7 Å². The van der Waals surface area contributed by atoms with Crippen molar-refractivity contribution in [3.8, 4) is 5.69 Å². The first-order valence-corrected chi connectivity index (χ1v) is 10.2. The Kier molecular flexibility index (Phi) is 7.03. The maximum absolute atomic E-state index is 14.6. The number of hydrogen-bond acceptors (Lipinski definition) is 3. The van der Waals surface area contributed by atoms with Crippen LogP contribution >= 0.6 is 0 Å². The van der Waals surface area contributed by atoms with Gasteiger partial charge < -0.3 is 15.2 Å². The van der Waals surface area contributed by atoms with Gasteiger partial charge in [0.1, 0.15) is 11.6 Å². The van der Waals surface area contributed by atoms with E-state index in [9.17, 15) is 4.39 Å². The van der Waals surface area contributed by atoms with Gasteiger partial charge in [0.15, 0.2) is 5.96 Å². The summed E-state index contributed by atoms with van der Waals surface area (Å²) in [5.74, 6) is 1.27. The van der Waals surface area contributed by atoms with Crippen LogP contribution < -0.4 is 10.6 Å². The van der Waals surface area contributed by atoms with Gasteiger partial charge in [-0.3, -0.25) is 4.90 Å². The highest BCUT2D eigenvalue weighted by Gasteiger charge is 2.22. The largest absolute Gasteiger partial charge is 0.357 e. The third kappa shape index (κ3) is 4.90. The summed E-state index contributed by atoms with van der Waals surface area (Å²) in [5.41, 5.74) is 1.35. The highest BCUT2D eigenvalue weighted by molar-refractivity contribution is 5.79. The number of imidazole rings is 1. The highest BCUT2D eigenvalue weighted by atomic mass is 19.1. The van der Waals surface area contributed by atoms with Crippen LogP contribution in [-0.2, 0) is 6.54 Å². The zero-order chi connectivity index (χ0) is 19.9. The normalized spacial score (nSPS) is 17.9. The van der Waals surface area contributed by atoms with Crippen molar-refractivity contribution in [1.29, 1.82) is 0 Å². The molecule has 152 valence electrons. The molecule has 1 unspecified atom stereocenters. The highest BCUT2D eigenvalue weighted by Crippen LogP contribution is 2.18. The maximum atomic E-state index is 14.6. The van der Waals surface area contributed by atoms with Crippen molar-refractivity contribution < 1.29 is 4.39 Å². The zero-order valence-electron chi connectivity index (χ0n) is 17.1. The summed E-state index contributed by atoms with van der Waals surface area (Å²) in [7, 11) is 0. The van der Waals surface area contributed by atoms with Gasteiger partial charge in [-0.2, -0.15) is 0 Å². The van der Waals surface area contributed by atoms with Crippen LogP contribution in [0.5, 0.6) is 0 Å². The zero-order valence-corrected chi connectivity index (χ0v) is 17.1. The van der Waals surface area contributed by atoms with E-state index in [1.165, 1.54) is 19.4 Å². The minimum absolute atomic E-state index is 0.267. The summed E-state index contributed by atoms with van der Waals surface area (Å²) in [6.45, 7) is 10.5. The Labute approximate surface area is 166 Å². The monoisotopic (exact) mass is 386 g/mol. The molecule has 2 heterocycles. The summed E-state index contributed by atoms with van der Waals surface area (Å²) in [5, 5.41) is 6.72. The second kappa shape index (κ2) is 9.68. The number of halogens is 1. The van der Waals surface area contributed by atoms with Crippen LogP contribution in [0.2, 0.25) is 0 Å². The molecule has 1 atom stereocenters. The van der Waals surface area contributed by atoms with Crippen molar-refractivity contribution in [2.24, 2.45) is 4.99 Å². The Morgan fingerprint density at radius 2 is 2.18 bits per heavy atom. The van der Waals surface area contributed by atoms with Gasteiger partial charge in [-0.05, 0) is 57.5 Å². The van der Waals surface area contributed by atoms with Gasteiger partial charge >= 0.3 is 0 Å². The number of nitrogens with one attached hydrogen (secondary N) is 2. The van der Waals surface area contributed by atoms with Crippen LogP contribution in [0.3, 0.4) is 0 Å². The molecule has 0 radical (unpaired) electrons. The number of aromatic nitrogens is 2. The van der Waals surface area contributed by atoms with E-state index < -0.39 is 0 Å². The number of aliphatic imine (C=N–C) groups is 1. The van der Waals surface area contributed by atoms with Crippen LogP contribution in [0.4, 0.5) is 4.39 Å². The van der Waals surface area contributed by atoms with Crippen molar-refractivity contribution in [2.45, 2.75) is 46.2 Å². The average Bonchev–Trinajstić information content (AvgIpc) is 3.32. The number of likely N-dealkylation sites (N-methyl/N-ethyl adjacent to an activating group) is 1. The number of hydrogen-bond donors (Lipinski definition) is 2. The molecule has 1 saturated heterocycles. The molecule has 6 nitrogen and oxygen atoms in total. The fourth-order valence-electron chi connectivity index (χ4n) is 3.75. The molecule has 2 aromatic rings. The van der Waals surface area contributed by atoms with Crippen molar-refractivity contribution >= 4 is 5.96 Å². The molecule has 28 heavy (non-hydrogen) atoms. The van der Waals surface area contributed by atoms with Gasteiger partial charge in [-0.15, -0.1) is 0 Å². The van der Waals surface area contributed by atoms with E-state index in [-0.39, 0.29) is 5.82 Å². The lowest BCUT2D eigenvalue weighted by Gasteiger charge is -2.24. The van der Waals surface area contributed by atoms with Crippen molar-refractivity contribution in [3.05, 3.63) is 47.8 Å². The molecule has 0 amide bonds. The predicted molar refractivity (Wildman–Crippen MR) is 111 cm³/mol. The lowest BCUT2D eigenvalue weighted by Crippen LogP contribution is -2.44. The van der Waals surface area contributed by atoms with Gasteiger partial charge in [-0.25, -0.2) is 14.4 Å². The fraction of sp³-hybridized carbons (Fsp3) is 0.524. The lowest BCUT2D eigenvalue weighted by atomic mass is 10.2. The summed E-state index contributed by atoms with van der Waals surface area (Å²) >= 11 is 0. The minimum atomic E-state index is -0.267. The first-order chi connectivity index (χ1) is 13.6. The fourth-order valence-corrected chi connectivity index (χ4v) is 3.75. The van der Waals surface area contributed by atoms with E-state index in [0.29, 0.717) is 18.3 Å². The molecular weight excluding hydrogens is 355 g/mol. The number of likely N-dealkylation sites (tertiary alicyclic amines) is 1. The van der Waals surface area contributed by atoms with E-state index in [1.54, 1.807) is 29.1 Å². The van der Waals surface area contributed by atoms with Crippen LogP contribution in [0.15, 0.2) is 35.6 Å². The Balaban J connectivity index is 1.64. The quantitative estimate of drug-likeness (QED) is 0.568. The number of aryl methyl sites for hydroxylation is 1. The Morgan fingerprint density at radius 3 is 2.86 bits per heavy atom. The van der Waals surface area contributed by atoms with Crippen LogP contribution in [0.1, 0.15) is 38.1 Å². The van der Waals surface area contributed by atoms with Crippen LogP contribution in [0.25, 0.3) is 5.69 Å². The smallest absolute Gasteiger partial charge is 0.191 e. The molecule has 0 bridgehead atoms. The van der Waals surface area contributed by atoms with Crippen molar-refractivity contribution in [2.75, 3.05) is 26.2 Å². The Morgan fingerprint density at radius 1 is 1.32 bits per heavy atom. The van der Waals surface area contributed by atoms with E-state index in [2.05, 4.69) is 32.4 Å². The van der Waals surface area contributed by atoms with Gasteiger partial charge in [0, 0.05) is 31.5 Å². The number of guanidine groups is 1. The van der Waals surface area contributed by atoms with Crippen LogP contribution in [-0.4, -0.2) is 52.6 Å². The summed E-state index contributed by atoms with van der Waals surface area (Å²) in [6.07, 6.45) is 5.92. The van der Waals surface area contributed by atoms with Gasteiger partial charge in [-0.1, -0.05) is 13.0 Å². The molecule has 0 spiro atoms. The Hall–Kier alpha value is -2.41. The first-order valence-electron chi connectivity index (χ1n) is 10.2. The standard InChI is InChI=1S/C21H31FN6/c1-4-23-21(26-15-18-7-6-11-27(18)5-2)25-14-17-8-9-20(19(22)13-17)28-12-10-24-16(28)3/h8-10,12-13,18H,4-7,11,14-15H2,1-3H3,(H2,23,25,26). The first kappa shape index (κ1) is 20.3. The van der Waals surface area contributed by atoms with Gasteiger partial charge in [0.25, 0.3) is 0 Å². The summed E-state index contributed by atoms with van der Waals surface area (Å²) < 4.78 is 16.3. The molecule has 0 aliphatic carbocycles. The SMILES string of the molecule is CCNC(=NCc1ccc(-n2ccnc2C)c(F)c1)NCC1CCCN1CC. The molecule has 7 heteroatoms. The van der Waals surface area contributed by atoms with Crippen molar-refractivity contribution in [3.63, 3.8) is 0 Å². The third-order valence-corrected chi connectivity index (χ3v) is 5.27. The maximum Gasteiger partial charge on any atom is 0.191 e. The topological polar surface area (TPSA) is 57.5 Å². The molecule has 1 aromatic heterocycles. The van der Waals surface area contributed by atoms with E-state index in [4.69, 9.17) is 0 Å². The second-order valence-corrected chi connectivity index (χ2v) is 7.13. The Bertz CT molecular complexity index is 800. The average molecular weight is 387 g/mol. The molecule has 1 aliphatic heterocycles. The predicted octanol–water partition coefficient (Wildman–Crippen LogP) is 2.86. The second-order valence-electron chi connectivity index (χ2n) is 7.13. The third-order valence-electron chi connectivity index (χ3n) is 5.27. The number of rotatable bonds is 7. The molecule has 3 rings (SSSR count). The summed E-state index contributed by atoms with van der Waals surface area (Å²) in [4.78, 5) is 11.3. The summed E-state index contributed by atoms with van der Waals surface area (Å²) in [6, 6.07) is 5.81. The van der Waals surface area contributed by atoms with E-state index >= 15 is 0 Å². The lowest BCUT2D eigenvalue weighted by molar-refractivity contribution is 0.267. The van der Waals surface area contributed by atoms with Gasteiger partial charge in [0.05, 0.1) is 12.2 Å². The molecular formula is C21H31FN6. The molecule has 2 N–H and O–H groups in total. The minimum Gasteiger partial charge on any atom is -0.357 e. The molecule has 0 saturated carbocycles. The molecule has 1 aliphatic rings. The van der Waals surface area contributed by atoms with Crippen molar-refractivity contribution in [1.82, 2.24) is 25.1 Å². The van der Waals surface area contributed by atoms with Gasteiger partial charge in [0.2, 0.25) is 0 Å². The van der Waals surface area contributed by atoms with E-state index in [0.717, 1.165) is 37.0 Å². The van der Waals surface area contributed by atoms with E-state index in [1.807, 2.05) is 19.9 Å².